The monoisotopic (exact) mass is 580 g/mol. The first-order valence-electron chi connectivity index (χ1n) is 13.6. The Bertz CT molecular complexity index is 1530. The first kappa shape index (κ1) is 32.0. The van der Waals surface area contributed by atoms with Gasteiger partial charge in [0.05, 0.1) is 12.2 Å². The average Bonchev–Trinajstić information content (AvgIpc) is 3.29. The SMILES string of the molecule is Cc1nc(CC(C)(C)C)c2[nH]c(Cn3cccc(NC(=O)[C@H](CC/C=C/C(=O)N(C)C)OC(=O)N(C)C)c3=O)nc2n1. The Hall–Kier alpha value is -4.55. The molecule has 0 aliphatic rings. The molecule has 42 heavy (non-hydrogen) atoms. The molecule has 0 aliphatic carbocycles. The van der Waals surface area contributed by atoms with Crippen LogP contribution in [0, 0.1) is 12.3 Å². The Labute approximate surface area is 245 Å². The largest absolute Gasteiger partial charge is 0.436 e. The highest BCUT2D eigenvalue weighted by Crippen LogP contribution is 2.24. The zero-order chi connectivity index (χ0) is 31.2. The van der Waals surface area contributed by atoms with E-state index < -0.39 is 23.7 Å². The maximum atomic E-state index is 13.3. The van der Waals surface area contributed by atoms with Crippen LogP contribution in [0.25, 0.3) is 11.2 Å². The number of allylic oxidation sites excluding steroid dienone is 1. The first-order valence-corrected chi connectivity index (χ1v) is 13.6. The minimum atomic E-state index is -1.19. The number of carbonyl (C=O) groups is 3. The van der Waals surface area contributed by atoms with Crippen molar-refractivity contribution in [2.75, 3.05) is 33.5 Å². The summed E-state index contributed by atoms with van der Waals surface area (Å²) in [6, 6.07) is 3.11. The van der Waals surface area contributed by atoms with Crippen LogP contribution >= 0.6 is 0 Å². The summed E-state index contributed by atoms with van der Waals surface area (Å²) in [5, 5.41) is 2.60. The van der Waals surface area contributed by atoms with E-state index in [0.29, 0.717) is 23.7 Å². The number of carbonyl (C=O) groups excluding carboxylic acids is 3. The number of amides is 3. The van der Waals surface area contributed by atoms with Crippen molar-refractivity contribution in [3.05, 3.63) is 58.2 Å². The number of aromatic nitrogens is 5. The van der Waals surface area contributed by atoms with Gasteiger partial charge in [-0.05, 0) is 49.8 Å². The standard InChI is InChI=1S/C29H40N8O5/c1-18-30-20(16-29(2,3)4)24-25(31-18)34-22(33-24)17-37-15-11-12-19(27(37)40)32-26(39)21(42-28(41)36(7)8)13-9-10-14-23(38)35(5)6/h10-12,14-15,21H,9,13,16-17H2,1-8H3,(H,32,39)(H,30,31,33,34)/b14-10+/t21-/m0/s1. The van der Waals surface area contributed by atoms with E-state index in [0.717, 1.165) is 17.6 Å². The number of hydrogen-bond acceptors (Lipinski definition) is 8. The van der Waals surface area contributed by atoms with Crippen molar-refractivity contribution in [3.8, 4) is 0 Å². The molecule has 0 aromatic carbocycles. The van der Waals surface area contributed by atoms with Gasteiger partial charge >= 0.3 is 6.09 Å². The summed E-state index contributed by atoms with van der Waals surface area (Å²) in [4.78, 5) is 70.0. The van der Waals surface area contributed by atoms with Crippen LogP contribution in [0.15, 0.2) is 35.3 Å². The van der Waals surface area contributed by atoms with E-state index in [2.05, 4.69) is 46.0 Å². The molecule has 226 valence electrons. The molecule has 3 amide bonds. The maximum Gasteiger partial charge on any atom is 0.410 e. The molecule has 3 aromatic heterocycles. The lowest BCUT2D eigenvalue weighted by atomic mass is 9.90. The Kier molecular flexibility index (Phi) is 10.2. The van der Waals surface area contributed by atoms with E-state index in [1.807, 2.05) is 6.92 Å². The van der Waals surface area contributed by atoms with Crippen molar-refractivity contribution >= 4 is 34.8 Å². The summed E-state index contributed by atoms with van der Waals surface area (Å²) >= 11 is 0. The fraction of sp³-hybridized carbons (Fsp3) is 0.483. The van der Waals surface area contributed by atoms with Gasteiger partial charge in [0.15, 0.2) is 11.8 Å². The van der Waals surface area contributed by atoms with Crippen molar-refractivity contribution in [3.63, 3.8) is 0 Å². The molecule has 0 spiro atoms. The Morgan fingerprint density at radius 2 is 1.83 bits per heavy atom. The normalized spacial score (nSPS) is 12.4. The van der Waals surface area contributed by atoms with Crippen molar-refractivity contribution in [1.82, 2.24) is 34.3 Å². The molecule has 13 nitrogen and oxygen atoms in total. The number of ether oxygens (including phenoxy) is 1. The van der Waals surface area contributed by atoms with Crippen LogP contribution in [0.2, 0.25) is 0 Å². The average molecular weight is 581 g/mol. The smallest absolute Gasteiger partial charge is 0.410 e. The molecule has 3 heterocycles. The summed E-state index contributed by atoms with van der Waals surface area (Å²) in [5.41, 5.74) is 1.68. The van der Waals surface area contributed by atoms with E-state index in [4.69, 9.17) is 4.74 Å². The van der Waals surface area contributed by atoms with Gasteiger partial charge in [0.1, 0.15) is 22.9 Å². The maximum absolute atomic E-state index is 13.3. The second-order valence-electron chi connectivity index (χ2n) is 11.7. The van der Waals surface area contributed by atoms with Crippen LogP contribution in [0.4, 0.5) is 10.5 Å². The molecule has 1 atom stereocenters. The summed E-state index contributed by atoms with van der Waals surface area (Å²) in [6.45, 7) is 8.31. The number of anilines is 1. The van der Waals surface area contributed by atoms with Crippen LogP contribution in [-0.2, 0) is 27.3 Å². The summed E-state index contributed by atoms with van der Waals surface area (Å²) in [7, 11) is 6.25. The molecule has 0 radical (unpaired) electrons. The molecule has 2 N–H and O–H groups in total. The number of fused-ring (bicyclic) bond motifs is 1. The Morgan fingerprint density at radius 1 is 1.12 bits per heavy atom. The predicted octanol–water partition coefficient (Wildman–Crippen LogP) is 2.89. The van der Waals surface area contributed by atoms with Gasteiger partial charge < -0.3 is 29.4 Å². The number of likely N-dealkylation sites (N-methyl/N-ethyl adjacent to an activating group) is 1. The number of imidazole rings is 1. The number of hydrogen-bond donors (Lipinski definition) is 2. The zero-order valence-corrected chi connectivity index (χ0v) is 25.5. The van der Waals surface area contributed by atoms with Crippen LogP contribution in [0.1, 0.15) is 51.0 Å². The van der Waals surface area contributed by atoms with Gasteiger partial charge in [-0.2, -0.15) is 0 Å². The summed E-state index contributed by atoms with van der Waals surface area (Å²) in [6.07, 6.45) is 3.81. The molecular weight excluding hydrogens is 540 g/mol. The number of aryl methyl sites for hydroxylation is 1. The van der Waals surface area contributed by atoms with Crippen molar-refractivity contribution < 1.29 is 19.1 Å². The van der Waals surface area contributed by atoms with E-state index >= 15 is 0 Å². The number of pyridine rings is 1. The van der Waals surface area contributed by atoms with E-state index in [1.54, 1.807) is 32.4 Å². The Balaban J connectivity index is 1.80. The van der Waals surface area contributed by atoms with Crippen molar-refractivity contribution in [1.29, 1.82) is 0 Å². The third kappa shape index (κ3) is 8.72. The fourth-order valence-corrected chi connectivity index (χ4v) is 4.01. The molecule has 3 aromatic rings. The highest BCUT2D eigenvalue weighted by atomic mass is 16.6. The molecule has 0 saturated heterocycles. The second kappa shape index (κ2) is 13.4. The quantitative estimate of drug-likeness (QED) is 0.347. The number of nitrogens with zero attached hydrogens (tertiary/aromatic N) is 6. The molecule has 3 rings (SSSR count). The fourth-order valence-electron chi connectivity index (χ4n) is 4.01. The zero-order valence-electron chi connectivity index (χ0n) is 25.5. The second-order valence-corrected chi connectivity index (χ2v) is 11.7. The van der Waals surface area contributed by atoms with Crippen LogP contribution in [0.3, 0.4) is 0 Å². The van der Waals surface area contributed by atoms with E-state index in [-0.39, 0.29) is 30.0 Å². The van der Waals surface area contributed by atoms with Gasteiger partial charge in [0.25, 0.3) is 11.5 Å². The van der Waals surface area contributed by atoms with Gasteiger partial charge in [-0.1, -0.05) is 26.8 Å². The predicted molar refractivity (Wildman–Crippen MR) is 159 cm³/mol. The molecule has 0 aliphatic heterocycles. The molecular formula is C29H40N8O5. The number of aromatic amines is 1. The molecule has 13 heteroatoms. The van der Waals surface area contributed by atoms with Gasteiger partial charge in [-0.15, -0.1) is 0 Å². The first-order chi connectivity index (χ1) is 19.6. The van der Waals surface area contributed by atoms with Gasteiger partial charge in [-0.25, -0.2) is 19.7 Å². The third-order valence-corrected chi connectivity index (χ3v) is 6.08. The molecule has 0 bridgehead atoms. The van der Waals surface area contributed by atoms with Gasteiger partial charge in [0.2, 0.25) is 5.91 Å². The highest BCUT2D eigenvalue weighted by molar-refractivity contribution is 5.95. The lowest BCUT2D eigenvalue weighted by Crippen LogP contribution is -2.37. The minimum absolute atomic E-state index is 0.00113. The lowest BCUT2D eigenvalue weighted by Gasteiger charge is -2.19. The van der Waals surface area contributed by atoms with Gasteiger partial charge in [-0.3, -0.25) is 14.4 Å². The van der Waals surface area contributed by atoms with Crippen LogP contribution < -0.4 is 10.9 Å². The number of H-pyrrole nitrogens is 1. The van der Waals surface area contributed by atoms with Crippen molar-refractivity contribution in [2.24, 2.45) is 5.41 Å². The van der Waals surface area contributed by atoms with Gasteiger partial charge in [0, 0.05) is 34.4 Å². The minimum Gasteiger partial charge on any atom is -0.436 e. The lowest BCUT2D eigenvalue weighted by molar-refractivity contribution is -0.125. The molecule has 0 fully saturated rings. The highest BCUT2D eigenvalue weighted by Gasteiger charge is 2.25. The van der Waals surface area contributed by atoms with Crippen LogP contribution in [-0.4, -0.2) is 86.5 Å². The number of rotatable bonds is 10. The van der Waals surface area contributed by atoms with E-state index in [9.17, 15) is 19.2 Å². The van der Waals surface area contributed by atoms with Crippen LogP contribution in [0.5, 0.6) is 0 Å². The molecule has 0 unspecified atom stereocenters. The topological polar surface area (TPSA) is 155 Å². The third-order valence-electron chi connectivity index (χ3n) is 6.08. The Morgan fingerprint density at radius 3 is 2.48 bits per heavy atom. The summed E-state index contributed by atoms with van der Waals surface area (Å²) < 4.78 is 6.77. The van der Waals surface area contributed by atoms with E-state index in [1.165, 1.54) is 40.6 Å². The summed E-state index contributed by atoms with van der Waals surface area (Å²) in [5.74, 6) is 0.269. The number of nitrogens with one attached hydrogen (secondary N) is 2. The van der Waals surface area contributed by atoms with Crippen molar-refractivity contribution in [2.45, 2.75) is 59.6 Å². The molecule has 0 saturated carbocycles.